The molecule has 20 heavy (non-hydrogen) atoms. The lowest BCUT2D eigenvalue weighted by molar-refractivity contribution is 0.627. The fourth-order valence-corrected chi connectivity index (χ4v) is 2.37. The van der Waals surface area contributed by atoms with Crippen molar-refractivity contribution in [3.63, 3.8) is 0 Å². The Kier molecular flexibility index (Phi) is 2.93. The van der Waals surface area contributed by atoms with Gasteiger partial charge in [-0.25, -0.2) is 9.37 Å². The van der Waals surface area contributed by atoms with Crippen molar-refractivity contribution in [3.05, 3.63) is 30.2 Å². The zero-order valence-electron chi connectivity index (χ0n) is 11.5. The minimum Gasteiger partial charge on any atom is -0.383 e. The highest BCUT2D eigenvalue weighted by Crippen LogP contribution is 2.29. The van der Waals surface area contributed by atoms with Crippen molar-refractivity contribution in [1.29, 1.82) is 0 Å². The first-order valence-electron chi connectivity index (χ1n) is 6.55. The molecular formula is C14H16FN5. The second kappa shape index (κ2) is 4.63. The number of aryl methyl sites for hydroxylation is 2. The van der Waals surface area contributed by atoms with Crippen LogP contribution in [0.25, 0.3) is 22.4 Å². The van der Waals surface area contributed by atoms with Gasteiger partial charge in [0.25, 0.3) is 0 Å². The Labute approximate surface area is 115 Å². The van der Waals surface area contributed by atoms with Crippen LogP contribution >= 0.6 is 0 Å². The van der Waals surface area contributed by atoms with Crippen molar-refractivity contribution in [2.45, 2.75) is 19.9 Å². The Morgan fingerprint density at radius 3 is 2.80 bits per heavy atom. The third-order valence-corrected chi connectivity index (χ3v) is 3.38. The number of nitrogens with zero attached hydrogens (tertiary/aromatic N) is 4. The van der Waals surface area contributed by atoms with Crippen molar-refractivity contribution < 1.29 is 4.39 Å². The molecule has 2 N–H and O–H groups in total. The van der Waals surface area contributed by atoms with Gasteiger partial charge in [-0.15, -0.1) is 0 Å². The van der Waals surface area contributed by atoms with E-state index in [9.17, 15) is 4.39 Å². The van der Waals surface area contributed by atoms with E-state index in [4.69, 9.17) is 5.73 Å². The molecule has 0 saturated heterocycles. The average Bonchev–Trinajstić information content (AvgIpc) is 2.93. The van der Waals surface area contributed by atoms with Crippen molar-refractivity contribution in [2.75, 3.05) is 5.73 Å². The van der Waals surface area contributed by atoms with Gasteiger partial charge < -0.3 is 10.3 Å². The van der Waals surface area contributed by atoms with Gasteiger partial charge >= 0.3 is 0 Å². The number of hydrogen-bond donors (Lipinski definition) is 1. The summed E-state index contributed by atoms with van der Waals surface area (Å²) in [4.78, 5) is 4.58. The first-order valence-corrected chi connectivity index (χ1v) is 6.55. The molecule has 0 fully saturated rings. The molecule has 6 heteroatoms. The maximum atomic E-state index is 13.5. The number of anilines is 1. The second-order valence-corrected chi connectivity index (χ2v) is 4.79. The smallest absolute Gasteiger partial charge is 0.146 e. The van der Waals surface area contributed by atoms with E-state index in [-0.39, 0.29) is 5.82 Å². The molecule has 0 atom stereocenters. The molecule has 0 amide bonds. The molecule has 5 nitrogen and oxygen atoms in total. The topological polar surface area (TPSA) is 61.7 Å². The molecule has 3 aromatic rings. The molecule has 104 valence electrons. The van der Waals surface area contributed by atoms with E-state index in [1.807, 2.05) is 4.57 Å². The predicted molar refractivity (Wildman–Crippen MR) is 76.6 cm³/mol. The first-order chi connectivity index (χ1) is 9.61. The van der Waals surface area contributed by atoms with Gasteiger partial charge in [-0.05, 0) is 24.6 Å². The lowest BCUT2D eigenvalue weighted by Crippen LogP contribution is -2.02. The fourth-order valence-electron chi connectivity index (χ4n) is 2.37. The highest BCUT2D eigenvalue weighted by molar-refractivity contribution is 5.82. The maximum Gasteiger partial charge on any atom is 0.146 e. The number of fused-ring (bicyclic) bond motifs is 1. The molecule has 0 bridgehead atoms. The number of rotatable bonds is 3. The summed E-state index contributed by atoms with van der Waals surface area (Å²) in [6, 6.07) is 4.61. The quantitative estimate of drug-likeness (QED) is 0.797. The number of halogens is 1. The summed E-state index contributed by atoms with van der Waals surface area (Å²) in [7, 11) is 1.78. The molecule has 1 aromatic carbocycles. The summed E-state index contributed by atoms with van der Waals surface area (Å²) >= 11 is 0. The molecule has 3 rings (SSSR count). The van der Waals surface area contributed by atoms with E-state index < -0.39 is 0 Å². The summed E-state index contributed by atoms with van der Waals surface area (Å²) in [5.41, 5.74) is 8.34. The van der Waals surface area contributed by atoms with E-state index in [1.165, 1.54) is 12.1 Å². The zero-order chi connectivity index (χ0) is 14.3. The Balaban J connectivity index is 2.29. The standard InChI is InChI=1S/C14H16FN5/c1-3-6-20-12-7-9(15)4-5-11(12)18-14(20)10-8-17-19(2)13(10)16/h4-5,7-8H,3,6,16H2,1-2H3. The lowest BCUT2D eigenvalue weighted by atomic mass is 10.3. The van der Waals surface area contributed by atoms with E-state index >= 15 is 0 Å². The van der Waals surface area contributed by atoms with Crippen molar-refractivity contribution >= 4 is 16.9 Å². The molecule has 0 aliphatic carbocycles. The van der Waals surface area contributed by atoms with Gasteiger partial charge in [0, 0.05) is 13.6 Å². The molecule has 0 unspecified atom stereocenters. The molecule has 2 aromatic heterocycles. The Morgan fingerprint density at radius 2 is 2.15 bits per heavy atom. The van der Waals surface area contributed by atoms with Crippen molar-refractivity contribution in [2.24, 2.45) is 7.05 Å². The molecule has 0 spiro atoms. The lowest BCUT2D eigenvalue weighted by Gasteiger charge is -2.07. The van der Waals surface area contributed by atoms with Crippen LogP contribution in [0.2, 0.25) is 0 Å². The average molecular weight is 273 g/mol. The predicted octanol–water partition coefficient (Wildman–Crippen LogP) is 2.57. The van der Waals surface area contributed by atoms with Crippen LogP contribution in [0.15, 0.2) is 24.4 Å². The van der Waals surface area contributed by atoms with Gasteiger partial charge in [0.15, 0.2) is 0 Å². The van der Waals surface area contributed by atoms with E-state index in [2.05, 4.69) is 17.0 Å². The van der Waals surface area contributed by atoms with E-state index in [1.54, 1.807) is 24.0 Å². The van der Waals surface area contributed by atoms with Crippen LogP contribution in [0.1, 0.15) is 13.3 Å². The van der Waals surface area contributed by atoms with Crippen molar-refractivity contribution in [1.82, 2.24) is 19.3 Å². The minimum absolute atomic E-state index is 0.263. The van der Waals surface area contributed by atoms with Crippen LogP contribution < -0.4 is 5.73 Å². The third-order valence-electron chi connectivity index (χ3n) is 3.38. The van der Waals surface area contributed by atoms with Gasteiger partial charge in [0.2, 0.25) is 0 Å². The van der Waals surface area contributed by atoms with Crippen LogP contribution in [0, 0.1) is 5.82 Å². The second-order valence-electron chi connectivity index (χ2n) is 4.79. The summed E-state index contributed by atoms with van der Waals surface area (Å²) in [6.07, 6.45) is 2.62. The van der Waals surface area contributed by atoms with Crippen molar-refractivity contribution in [3.8, 4) is 11.4 Å². The molecule has 0 saturated carbocycles. The summed E-state index contributed by atoms with van der Waals surface area (Å²) < 4.78 is 17.1. The summed E-state index contributed by atoms with van der Waals surface area (Å²) in [5.74, 6) is 1.02. The highest BCUT2D eigenvalue weighted by Gasteiger charge is 2.17. The number of hydrogen-bond acceptors (Lipinski definition) is 3. The van der Waals surface area contributed by atoms with Crippen LogP contribution in [-0.2, 0) is 13.6 Å². The third kappa shape index (κ3) is 1.84. The van der Waals surface area contributed by atoms with Crippen LogP contribution in [0.3, 0.4) is 0 Å². The highest BCUT2D eigenvalue weighted by atomic mass is 19.1. The number of nitrogens with two attached hydrogens (primary N) is 1. The maximum absolute atomic E-state index is 13.5. The zero-order valence-corrected chi connectivity index (χ0v) is 11.5. The van der Waals surface area contributed by atoms with Crippen LogP contribution in [0.4, 0.5) is 10.2 Å². The molecule has 0 aliphatic rings. The van der Waals surface area contributed by atoms with Gasteiger partial charge in [-0.1, -0.05) is 6.92 Å². The SMILES string of the molecule is CCCn1c(-c2cnn(C)c2N)nc2ccc(F)cc21. The monoisotopic (exact) mass is 273 g/mol. The minimum atomic E-state index is -0.263. The summed E-state index contributed by atoms with van der Waals surface area (Å²) in [6.45, 7) is 2.82. The molecule has 0 aliphatic heterocycles. The van der Waals surface area contributed by atoms with E-state index in [0.29, 0.717) is 5.82 Å². The Hall–Kier alpha value is -2.37. The van der Waals surface area contributed by atoms with E-state index in [0.717, 1.165) is 35.4 Å². The van der Waals surface area contributed by atoms with Gasteiger partial charge in [0.05, 0.1) is 22.8 Å². The molecule has 2 heterocycles. The fraction of sp³-hybridized carbons (Fsp3) is 0.286. The first kappa shape index (κ1) is 12.7. The number of aromatic nitrogens is 4. The summed E-state index contributed by atoms with van der Waals surface area (Å²) in [5, 5.41) is 4.15. The van der Waals surface area contributed by atoms with Gasteiger partial charge in [0.1, 0.15) is 17.5 Å². The molecule has 0 radical (unpaired) electrons. The van der Waals surface area contributed by atoms with Crippen LogP contribution in [-0.4, -0.2) is 19.3 Å². The molecular weight excluding hydrogens is 257 g/mol. The number of benzene rings is 1. The van der Waals surface area contributed by atoms with Crippen LogP contribution in [0.5, 0.6) is 0 Å². The number of nitrogen functional groups attached to an aromatic ring is 1. The Morgan fingerprint density at radius 1 is 1.35 bits per heavy atom. The largest absolute Gasteiger partial charge is 0.383 e. The normalized spacial score (nSPS) is 11.3. The number of imidazole rings is 1. The Bertz CT molecular complexity index is 771. The van der Waals surface area contributed by atoms with Gasteiger partial charge in [-0.3, -0.25) is 4.68 Å². The van der Waals surface area contributed by atoms with Gasteiger partial charge in [-0.2, -0.15) is 5.10 Å².